The molecule has 0 amide bonds. The minimum Gasteiger partial charge on any atom is -0.392 e. The van der Waals surface area contributed by atoms with Gasteiger partial charge in [-0.25, -0.2) is 4.39 Å². The number of hydrogen-bond donors (Lipinski definition) is 1. The minimum absolute atomic E-state index is 0.0431. The summed E-state index contributed by atoms with van der Waals surface area (Å²) in [6.07, 6.45) is 4.76. The molecule has 0 aliphatic rings. The normalized spacial score (nSPS) is 12.5. The first-order chi connectivity index (χ1) is 11.5. The van der Waals surface area contributed by atoms with Crippen molar-refractivity contribution in [2.75, 3.05) is 14.1 Å². The molecule has 0 radical (unpaired) electrons. The van der Waals surface area contributed by atoms with E-state index in [1.807, 2.05) is 26.2 Å². The maximum absolute atomic E-state index is 13.1. The number of nitrogens with zero attached hydrogens (tertiary/aromatic N) is 2. The molecular weight excluding hydrogens is 303 g/mol. The molecule has 0 aliphatic heterocycles. The van der Waals surface area contributed by atoms with E-state index in [1.54, 1.807) is 24.3 Å². The van der Waals surface area contributed by atoms with Crippen LogP contribution in [0.4, 0.5) is 4.39 Å². The van der Waals surface area contributed by atoms with E-state index in [4.69, 9.17) is 5.26 Å². The van der Waals surface area contributed by atoms with Crippen LogP contribution in [0.1, 0.15) is 28.3 Å². The smallest absolute Gasteiger partial charge is 0.123 e. The Morgan fingerprint density at radius 3 is 2.46 bits per heavy atom. The van der Waals surface area contributed by atoms with E-state index in [0.29, 0.717) is 12.0 Å². The van der Waals surface area contributed by atoms with Gasteiger partial charge in [-0.05, 0) is 61.5 Å². The van der Waals surface area contributed by atoms with Crippen molar-refractivity contribution in [3.05, 3.63) is 82.7 Å². The Labute approximate surface area is 142 Å². The Morgan fingerprint density at radius 1 is 1.17 bits per heavy atom. The van der Waals surface area contributed by atoms with Gasteiger partial charge >= 0.3 is 0 Å². The highest BCUT2D eigenvalue weighted by atomic mass is 19.1. The highest BCUT2D eigenvalue weighted by Gasteiger charge is 2.10. The van der Waals surface area contributed by atoms with Gasteiger partial charge in [-0.3, -0.25) is 4.90 Å². The third-order valence-electron chi connectivity index (χ3n) is 3.93. The molecule has 124 valence electrons. The quantitative estimate of drug-likeness (QED) is 0.826. The van der Waals surface area contributed by atoms with Crippen LogP contribution in [-0.4, -0.2) is 24.1 Å². The maximum atomic E-state index is 13.1. The number of benzene rings is 2. The predicted molar refractivity (Wildman–Crippen MR) is 92.8 cm³/mol. The zero-order valence-corrected chi connectivity index (χ0v) is 13.9. The van der Waals surface area contributed by atoms with Crippen LogP contribution < -0.4 is 0 Å². The zero-order valence-electron chi connectivity index (χ0n) is 13.9. The minimum atomic E-state index is -0.245. The van der Waals surface area contributed by atoms with Gasteiger partial charge in [0.25, 0.3) is 0 Å². The fourth-order valence-corrected chi connectivity index (χ4v) is 2.61. The summed E-state index contributed by atoms with van der Waals surface area (Å²) in [5, 5.41) is 18.4. The predicted octanol–water partition coefficient (Wildman–Crippen LogP) is 3.59. The van der Waals surface area contributed by atoms with Gasteiger partial charge in [0.15, 0.2) is 0 Å². The second-order valence-corrected chi connectivity index (χ2v) is 5.85. The number of aliphatic hydroxyl groups is 1. The Bertz CT molecular complexity index is 745. The van der Waals surface area contributed by atoms with Crippen molar-refractivity contribution in [2.45, 2.75) is 19.1 Å². The van der Waals surface area contributed by atoms with Crippen LogP contribution in [0.3, 0.4) is 0 Å². The number of nitriles is 1. The number of halogens is 1. The molecule has 0 saturated carbocycles. The molecule has 0 heterocycles. The zero-order chi connectivity index (χ0) is 17.5. The Balaban J connectivity index is 2.16. The van der Waals surface area contributed by atoms with Gasteiger partial charge in [0.05, 0.1) is 24.3 Å². The van der Waals surface area contributed by atoms with Gasteiger partial charge in [0, 0.05) is 0 Å². The number of hydrogen-bond acceptors (Lipinski definition) is 3. The van der Waals surface area contributed by atoms with E-state index < -0.39 is 0 Å². The van der Waals surface area contributed by atoms with Gasteiger partial charge in [0.2, 0.25) is 0 Å². The highest BCUT2D eigenvalue weighted by molar-refractivity contribution is 5.39. The lowest BCUT2D eigenvalue weighted by atomic mass is 10.0. The third-order valence-corrected chi connectivity index (χ3v) is 3.93. The third kappa shape index (κ3) is 4.51. The molecular formula is C20H21FN2O. The molecule has 2 rings (SSSR count). The van der Waals surface area contributed by atoms with E-state index in [0.717, 1.165) is 16.7 Å². The molecule has 24 heavy (non-hydrogen) atoms. The second-order valence-electron chi connectivity index (χ2n) is 5.85. The Morgan fingerprint density at radius 2 is 1.88 bits per heavy atom. The van der Waals surface area contributed by atoms with Crippen LogP contribution >= 0.6 is 0 Å². The molecule has 0 spiro atoms. The second kappa shape index (κ2) is 8.39. The number of likely N-dealkylation sites (N-methyl/N-ethyl adjacent to an activating group) is 1. The topological polar surface area (TPSA) is 47.3 Å². The molecule has 4 heteroatoms. The van der Waals surface area contributed by atoms with Crippen LogP contribution in [0, 0.1) is 17.1 Å². The molecule has 0 aliphatic carbocycles. The van der Waals surface area contributed by atoms with E-state index in [2.05, 4.69) is 17.0 Å². The maximum Gasteiger partial charge on any atom is 0.123 e. The summed E-state index contributed by atoms with van der Waals surface area (Å²) in [6, 6.07) is 14.0. The molecule has 0 bridgehead atoms. The lowest BCUT2D eigenvalue weighted by Gasteiger charge is -2.21. The summed E-state index contributed by atoms with van der Waals surface area (Å²) in [5.41, 5.74) is 3.32. The Hall–Kier alpha value is -2.48. The van der Waals surface area contributed by atoms with Crippen molar-refractivity contribution in [3.63, 3.8) is 0 Å². The average Bonchev–Trinajstić information content (AvgIpc) is 2.59. The van der Waals surface area contributed by atoms with Crippen molar-refractivity contribution in [1.82, 2.24) is 4.90 Å². The molecule has 1 unspecified atom stereocenters. The summed E-state index contributed by atoms with van der Waals surface area (Å²) >= 11 is 0. The van der Waals surface area contributed by atoms with E-state index >= 15 is 0 Å². The number of aliphatic hydroxyl groups excluding tert-OH is 1. The van der Waals surface area contributed by atoms with Gasteiger partial charge in [-0.15, -0.1) is 0 Å². The molecule has 0 fully saturated rings. The van der Waals surface area contributed by atoms with Crippen LogP contribution in [0.5, 0.6) is 0 Å². The lowest BCUT2D eigenvalue weighted by molar-refractivity contribution is 0.281. The van der Waals surface area contributed by atoms with Crippen LogP contribution in [0.2, 0.25) is 0 Å². The first kappa shape index (κ1) is 17.9. The summed E-state index contributed by atoms with van der Waals surface area (Å²) in [7, 11) is 3.94. The van der Waals surface area contributed by atoms with Crippen molar-refractivity contribution >= 4 is 0 Å². The van der Waals surface area contributed by atoms with E-state index in [9.17, 15) is 9.50 Å². The van der Waals surface area contributed by atoms with Crippen molar-refractivity contribution in [1.29, 1.82) is 5.26 Å². The van der Waals surface area contributed by atoms with Crippen molar-refractivity contribution in [3.8, 4) is 6.07 Å². The van der Waals surface area contributed by atoms with Gasteiger partial charge in [0.1, 0.15) is 5.82 Å². The van der Waals surface area contributed by atoms with Crippen LogP contribution in [-0.2, 0) is 13.0 Å². The summed E-state index contributed by atoms with van der Waals surface area (Å²) in [6.45, 7) is -0.0895. The molecule has 2 aromatic carbocycles. The van der Waals surface area contributed by atoms with Gasteiger partial charge < -0.3 is 5.11 Å². The highest BCUT2D eigenvalue weighted by Crippen LogP contribution is 2.21. The average molecular weight is 324 g/mol. The number of rotatable bonds is 6. The fourth-order valence-electron chi connectivity index (χ4n) is 2.61. The summed E-state index contributed by atoms with van der Waals surface area (Å²) in [4.78, 5) is 2.05. The molecule has 3 nitrogen and oxygen atoms in total. The molecule has 1 N–H and O–H groups in total. The van der Waals surface area contributed by atoms with E-state index in [-0.39, 0.29) is 18.5 Å². The van der Waals surface area contributed by atoms with Crippen molar-refractivity contribution < 1.29 is 9.50 Å². The molecule has 0 aromatic heterocycles. The summed E-state index contributed by atoms with van der Waals surface area (Å²) in [5.74, 6) is -0.245. The van der Waals surface area contributed by atoms with Crippen LogP contribution in [0.25, 0.3) is 0 Å². The first-order valence-corrected chi connectivity index (χ1v) is 7.76. The van der Waals surface area contributed by atoms with Gasteiger partial charge in [-0.1, -0.05) is 30.4 Å². The fraction of sp³-hybridized carbons (Fsp3) is 0.250. The Kier molecular flexibility index (Phi) is 6.25. The lowest BCUT2D eigenvalue weighted by Crippen LogP contribution is -2.18. The SMILES string of the molecule is CN(C)C(/C=C/Cc1ccc(C#N)cc1CO)c1ccc(F)cc1. The number of allylic oxidation sites excluding steroid dienone is 1. The molecule has 1 atom stereocenters. The van der Waals surface area contributed by atoms with E-state index in [1.165, 1.54) is 12.1 Å². The standard InChI is InChI=1S/C20H21FN2O/c1-23(2)20(17-8-10-19(21)11-9-17)5-3-4-16-7-6-15(13-22)12-18(16)14-24/h3,5-12,20,24H,4,14H2,1-2H3/b5-3+. The van der Waals surface area contributed by atoms with Crippen LogP contribution in [0.15, 0.2) is 54.6 Å². The first-order valence-electron chi connectivity index (χ1n) is 7.76. The van der Waals surface area contributed by atoms with Gasteiger partial charge in [-0.2, -0.15) is 5.26 Å². The monoisotopic (exact) mass is 324 g/mol. The van der Waals surface area contributed by atoms with Crippen molar-refractivity contribution in [2.24, 2.45) is 0 Å². The molecule has 0 saturated heterocycles. The molecule has 2 aromatic rings. The summed E-state index contributed by atoms with van der Waals surface area (Å²) < 4.78 is 13.1. The largest absolute Gasteiger partial charge is 0.392 e.